The Hall–Kier alpha value is -2.47. The number of H-pyrrole nitrogens is 1. The highest BCUT2D eigenvalue weighted by atomic mass is 32.2. The zero-order chi connectivity index (χ0) is 14.5. The second-order valence-electron chi connectivity index (χ2n) is 3.85. The van der Waals surface area contributed by atoms with Crippen LogP contribution in [0.25, 0.3) is 0 Å². The summed E-state index contributed by atoms with van der Waals surface area (Å²) in [5, 5.41) is 18.3. The molecule has 6 heteroatoms. The molecule has 5 nitrogen and oxygen atoms in total. The molecule has 102 valence electrons. The molecule has 0 saturated carbocycles. The van der Waals surface area contributed by atoms with Crippen LogP contribution in [0, 0.1) is 0 Å². The quantitative estimate of drug-likeness (QED) is 0.447. The van der Waals surface area contributed by atoms with Crippen molar-refractivity contribution < 1.29 is 19.8 Å². The Morgan fingerprint density at radius 2 is 1.75 bits per heavy atom. The van der Waals surface area contributed by atoms with Crippen molar-refractivity contribution in [3.63, 3.8) is 0 Å². The Morgan fingerprint density at radius 1 is 1.05 bits per heavy atom. The summed E-state index contributed by atoms with van der Waals surface area (Å²) in [7, 11) is 0. The van der Waals surface area contributed by atoms with Crippen molar-refractivity contribution in [1.29, 1.82) is 0 Å². The predicted octanol–water partition coefficient (Wildman–Crippen LogP) is 2.88. The van der Waals surface area contributed by atoms with Crippen molar-refractivity contribution in [2.45, 2.75) is 9.92 Å². The normalized spacial score (nSPS) is 11.3. The molecule has 0 spiro atoms. The molecular formula is C14H11NO4S. The lowest BCUT2D eigenvalue weighted by molar-refractivity contribution is -0.135. The number of nitrogens with one attached hydrogen (secondary N) is 1. The maximum absolute atomic E-state index is 11.7. The molecule has 3 N–H and O–H groups in total. The lowest BCUT2D eigenvalue weighted by Crippen LogP contribution is -2.04. The monoisotopic (exact) mass is 289 g/mol. The van der Waals surface area contributed by atoms with Crippen LogP contribution in [0.15, 0.2) is 64.2 Å². The first-order chi connectivity index (χ1) is 9.56. The van der Waals surface area contributed by atoms with Crippen LogP contribution in [0.5, 0.6) is 0 Å². The van der Waals surface area contributed by atoms with Gasteiger partial charge in [-0.25, -0.2) is 4.79 Å². The Kier molecular flexibility index (Phi) is 4.27. The first-order valence-electron chi connectivity index (χ1n) is 5.66. The summed E-state index contributed by atoms with van der Waals surface area (Å²) in [5.74, 6) is -3.12. The van der Waals surface area contributed by atoms with Crippen LogP contribution < -0.4 is 0 Å². The lowest BCUT2D eigenvalue weighted by Gasteiger charge is -1.97. The molecule has 0 unspecified atom stereocenters. The molecule has 1 heterocycles. The highest BCUT2D eigenvalue weighted by Crippen LogP contribution is 2.26. The molecule has 2 aromatic rings. The molecule has 2 rings (SSSR count). The standard InChI is InChI=1S/C14H11NO4S/c16-11(8-12(17)14(18)19)10-6-7-13(15-10)20-9-4-2-1-3-5-9/h1-8,15,17H,(H,18,19). The molecule has 0 aliphatic carbocycles. The number of hydrogen-bond acceptors (Lipinski definition) is 4. The molecule has 1 aromatic carbocycles. The van der Waals surface area contributed by atoms with Gasteiger partial charge in [0.2, 0.25) is 11.5 Å². The average molecular weight is 289 g/mol. The number of aromatic amines is 1. The van der Waals surface area contributed by atoms with Crippen molar-refractivity contribution in [3.8, 4) is 0 Å². The SMILES string of the molecule is O=C(O)C(O)=CC(=O)c1ccc(Sc2ccccc2)[nH]1. The number of rotatable bonds is 5. The van der Waals surface area contributed by atoms with Crippen molar-refractivity contribution >= 4 is 23.5 Å². The van der Waals surface area contributed by atoms with E-state index in [1.165, 1.54) is 11.8 Å². The van der Waals surface area contributed by atoms with Crippen LogP contribution in [-0.4, -0.2) is 26.9 Å². The highest BCUT2D eigenvalue weighted by molar-refractivity contribution is 7.99. The number of aliphatic carboxylic acids is 1. The van der Waals surface area contributed by atoms with E-state index in [4.69, 9.17) is 10.2 Å². The van der Waals surface area contributed by atoms with Crippen LogP contribution in [0.4, 0.5) is 0 Å². The number of aromatic nitrogens is 1. The van der Waals surface area contributed by atoms with Gasteiger partial charge < -0.3 is 15.2 Å². The van der Waals surface area contributed by atoms with Crippen LogP contribution in [-0.2, 0) is 4.79 Å². The smallest absolute Gasteiger partial charge is 0.371 e. The predicted molar refractivity (Wildman–Crippen MR) is 74.0 cm³/mol. The maximum Gasteiger partial charge on any atom is 0.371 e. The molecule has 0 atom stereocenters. The van der Waals surface area contributed by atoms with Crippen molar-refractivity contribution in [2.75, 3.05) is 0 Å². The summed E-state index contributed by atoms with van der Waals surface area (Å²) < 4.78 is 0. The second kappa shape index (κ2) is 6.12. The highest BCUT2D eigenvalue weighted by Gasteiger charge is 2.11. The third-order valence-electron chi connectivity index (χ3n) is 2.38. The first kappa shape index (κ1) is 14.0. The van der Waals surface area contributed by atoms with E-state index in [0.29, 0.717) is 6.08 Å². The van der Waals surface area contributed by atoms with Gasteiger partial charge in [-0.15, -0.1) is 0 Å². The number of carboxylic acids is 1. The number of carbonyl (C=O) groups excluding carboxylic acids is 1. The van der Waals surface area contributed by atoms with Gasteiger partial charge in [-0.05, 0) is 24.3 Å². The van der Waals surface area contributed by atoms with Crippen molar-refractivity contribution in [3.05, 3.63) is 60.0 Å². The van der Waals surface area contributed by atoms with E-state index in [0.717, 1.165) is 9.92 Å². The van der Waals surface area contributed by atoms with Crippen LogP contribution >= 0.6 is 11.8 Å². The van der Waals surface area contributed by atoms with Gasteiger partial charge in [-0.2, -0.15) is 0 Å². The number of aliphatic hydroxyl groups is 1. The third kappa shape index (κ3) is 3.52. The van der Waals surface area contributed by atoms with E-state index in [9.17, 15) is 9.59 Å². The van der Waals surface area contributed by atoms with E-state index < -0.39 is 17.5 Å². The number of carbonyl (C=O) groups is 2. The molecule has 20 heavy (non-hydrogen) atoms. The van der Waals surface area contributed by atoms with Crippen LogP contribution in [0.2, 0.25) is 0 Å². The zero-order valence-electron chi connectivity index (χ0n) is 10.2. The molecule has 0 aliphatic rings. The minimum absolute atomic E-state index is 0.219. The topological polar surface area (TPSA) is 90.4 Å². The number of aliphatic hydroxyl groups excluding tert-OH is 1. The molecule has 0 aliphatic heterocycles. The number of ketones is 1. The number of benzene rings is 1. The van der Waals surface area contributed by atoms with Gasteiger partial charge in [-0.1, -0.05) is 30.0 Å². The van der Waals surface area contributed by atoms with Crippen LogP contribution in [0.1, 0.15) is 10.5 Å². The van der Waals surface area contributed by atoms with Crippen molar-refractivity contribution in [1.82, 2.24) is 4.98 Å². The summed E-state index contributed by atoms with van der Waals surface area (Å²) in [6.45, 7) is 0. The molecule has 0 fully saturated rings. The Balaban J connectivity index is 2.11. The Bertz CT molecular complexity index is 661. The second-order valence-corrected chi connectivity index (χ2v) is 4.97. The van der Waals surface area contributed by atoms with Gasteiger partial charge in [0.1, 0.15) is 0 Å². The molecular weight excluding hydrogens is 278 g/mol. The Morgan fingerprint density at radius 3 is 2.40 bits per heavy atom. The van der Waals surface area contributed by atoms with E-state index in [1.54, 1.807) is 12.1 Å². The number of hydrogen-bond donors (Lipinski definition) is 3. The van der Waals surface area contributed by atoms with E-state index in [-0.39, 0.29) is 5.69 Å². The minimum atomic E-state index is -1.54. The fourth-order valence-electron chi connectivity index (χ4n) is 1.46. The number of allylic oxidation sites excluding steroid dienone is 1. The molecule has 1 aromatic heterocycles. The molecule has 0 saturated heterocycles. The van der Waals surface area contributed by atoms with Gasteiger partial charge in [0.05, 0.1) is 10.7 Å². The lowest BCUT2D eigenvalue weighted by atomic mass is 10.2. The van der Waals surface area contributed by atoms with E-state index in [1.807, 2.05) is 30.3 Å². The van der Waals surface area contributed by atoms with Gasteiger partial charge in [0.25, 0.3) is 0 Å². The summed E-state index contributed by atoms with van der Waals surface area (Å²) in [4.78, 5) is 26.0. The molecule has 0 amide bonds. The van der Waals surface area contributed by atoms with Gasteiger partial charge in [0.15, 0.2) is 0 Å². The fourth-order valence-corrected chi connectivity index (χ4v) is 2.30. The molecule has 0 bridgehead atoms. The Labute approximate surface area is 119 Å². The van der Waals surface area contributed by atoms with Gasteiger partial charge >= 0.3 is 5.97 Å². The summed E-state index contributed by atoms with van der Waals surface area (Å²) in [6.07, 6.45) is 0.672. The maximum atomic E-state index is 11.7. The fraction of sp³-hybridized carbons (Fsp3) is 0. The van der Waals surface area contributed by atoms with Crippen molar-refractivity contribution in [2.24, 2.45) is 0 Å². The largest absolute Gasteiger partial charge is 0.502 e. The third-order valence-corrected chi connectivity index (χ3v) is 3.35. The summed E-state index contributed by atoms with van der Waals surface area (Å²) >= 11 is 1.44. The van der Waals surface area contributed by atoms with E-state index in [2.05, 4.69) is 4.98 Å². The zero-order valence-corrected chi connectivity index (χ0v) is 11.1. The van der Waals surface area contributed by atoms with E-state index >= 15 is 0 Å². The number of carboxylic acid groups (broad SMARTS) is 1. The summed E-state index contributed by atoms with van der Waals surface area (Å²) in [6, 6.07) is 12.9. The minimum Gasteiger partial charge on any atom is -0.502 e. The first-order valence-corrected chi connectivity index (χ1v) is 6.48. The summed E-state index contributed by atoms with van der Waals surface area (Å²) in [5.41, 5.74) is 0.219. The van der Waals surface area contributed by atoms with Gasteiger partial charge in [-0.3, -0.25) is 4.79 Å². The van der Waals surface area contributed by atoms with Crippen LogP contribution in [0.3, 0.4) is 0 Å². The average Bonchev–Trinajstić information content (AvgIpc) is 2.88. The van der Waals surface area contributed by atoms with Gasteiger partial charge in [0, 0.05) is 11.0 Å². The molecule has 0 radical (unpaired) electrons.